The Balaban J connectivity index is 2.32. The molecule has 0 fully saturated rings. The highest BCUT2D eigenvalue weighted by molar-refractivity contribution is 5.59. The summed E-state index contributed by atoms with van der Waals surface area (Å²) < 4.78 is 5.64. The molecular weight excluding hydrogens is 200 g/mol. The molecule has 2 rings (SSSR count). The van der Waals surface area contributed by atoms with Crippen LogP contribution in [0.5, 0.6) is 0 Å². The Kier molecular flexibility index (Phi) is 3.04. The average Bonchev–Trinajstić information content (AvgIpc) is 2.78. The summed E-state index contributed by atoms with van der Waals surface area (Å²) in [6, 6.07) is 13.4. The van der Waals surface area contributed by atoms with Gasteiger partial charge in [-0.2, -0.15) is 5.26 Å². The first-order valence-corrected chi connectivity index (χ1v) is 5.07. The molecular formula is C13H12N2O. The Morgan fingerprint density at radius 3 is 2.94 bits per heavy atom. The Labute approximate surface area is 94.3 Å². The van der Waals surface area contributed by atoms with Gasteiger partial charge in [0, 0.05) is 5.56 Å². The molecule has 0 spiro atoms. The fourth-order valence-electron chi connectivity index (χ4n) is 1.54. The predicted octanol–water partition coefficient (Wildman–Crippen LogP) is 2.54. The molecule has 0 bridgehead atoms. The van der Waals surface area contributed by atoms with Crippen LogP contribution in [0.25, 0.3) is 11.3 Å². The van der Waals surface area contributed by atoms with Crippen LogP contribution >= 0.6 is 0 Å². The van der Waals surface area contributed by atoms with Gasteiger partial charge >= 0.3 is 0 Å². The second-order valence-electron chi connectivity index (χ2n) is 3.49. The maximum atomic E-state index is 8.81. The second-order valence-corrected chi connectivity index (χ2v) is 3.49. The lowest BCUT2D eigenvalue weighted by Gasteiger charge is -1.97. The standard InChI is InChI=1S/C13H12N2O/c1-15-9-12-5-6-13(16-12)11-4-2-3-10(7-11)8-14/h2-7,15H,9H2,1H3. The maximum absolute atomic E-state index is 8.81. The quantitative estimate of drug-likeness (QED) is 0.850. The molecule has 3 nitrogen and oxygen atoms in total. The fourth-order valence-corrected chi connectivity index (χ4v) is 1.54. The summed E-state index contributed by atoms with van der Waals surface area (Å²) in [5, 5.41) is 11.8. The van der Waals surface area contributed by atoms with Crippen LogP contribution in [0.3, 0.4) is 0 Å². The van der Waals surface area contributed by atoms with Crippen molar-refractivity contribution < 1.29 is 4.42 Å². The molecule has 16 heavy (non-hydrogen) atoms. The minimum absolute atomic E-state index is 0.643. The molecule has 0 saturated carbocycles. The first-order valence-electron chi connectivity index (χ1n) is 5.07. The number of furan rings is 1. The van der Waals surface area contributed by atoms with E-state index in [4.69, 9.17) is 9.68 Å². The zero-order chi connectivity index (χ0) is 11.4. The smallest absolute Gasteiger partial charge is 0.134 e. The minimum Gasteiger partial charge on any atom is -0.460 e. The van der Waals surface area contributed by atoms with E-state index in [1.807, 2.05) is 37.4 Å². The van der Waals surface area contributed by atoms with Gasteiger partial charge in [-0.05, 0) is 31.3 Å². The molecule has 1 N–H and O–H groups in total. The summed E-state index contributed by atoms with van der Waals surface area (Å²) in [4.78, 5) is 0. The van der Waals surface area contributed by atoms with E-state index in [9.17, 15) is 0 Å². The normalized spacial score (nSPS) is 10.0. The summed E-state index contributed by atoms with van der Waals surface area (Å²) in [7, 11) is 1.87. The van der Waals surface area contributed by atoms with Crippen molar-refractivity contribution in [2.75, 3.05) is 7.05 Å². The van der Waals surface area contributed by atoms with Crippen molar-refractivity contribution in [3.05, 3.63) is 47.7 Å². The van der Waals surface area contributed by atoms with E-state index in [0.29, 0.717) is 12.1 Å². The minimum atomic E-state index is 0.643. The maximum Gasteiger partial charge on any atom is 0.134 e. The average molecular weight is 212 g/mol. The molecule has 0 aliphatic heterocycles. The van der Waals surface area contributed by atoms with Gasteiger partial charge in [-0.1, -0.05) is 12.1 Å². The molecule has 1 heterocycles. The molecule has 3 heteroatoms. The Morgan fingerprint density at radius 2 is 2.19 bits per heavy atom. The number of benzene rings is 1. The Morgan fingerprint density at radius 1 is 1.31 bits per heavy atom. The largest absolute Gasteiger partial charge is 0.460 e. The number of nitriles is 1. The summed E-state index contributed by atoms with van der Waals surface area (Å²) in [6.07, 6.45) is 0. The first kappa shape index (κ1) is 10.5. The SMILES string of the molecule is CNCc1ccc(-c2cccc(C#N)c2)o1. The van der Waals surface area contributed by atoms with Crippen LogP contribution in [0.1, 0.15) is 11.3 Å². The van der Waals surface area contributed by atoms with Crippen LogP contribution in [0.15, 0.2) is 40.8 Å². The van der Waals surface area contributed by atoms with E-state index >= 15 is 0 Å². The molecule has 2 aromatic rings. The molecule has 0 unspecified atom stereocenters. The molecule has 1 aromatic heterocycles. The Hall–Kier alpha value is -2.05. The number of nitrogens with one attached hydrogen (secondary N) is 1. The summed E-state index contributed by atoms with van der Waals surface area (Å²) in [6.45, 7) is 0.706. The number of rotatable bonds is 3. The molecule has 80 valence electrons. The van der Waals surface area contributed by atoms with E-state index < -0.39 is 0 Å². The van der Waals surface area contributed by atoms with E-state index in [2.05, 4.69) is 11.4 Å². The fraction of sp³-hybridized carbons (Fsp3) is 0.154. The lowest BCUT2D eigenvalue weighted by Crippen LogP contribution is -2.03. The number of hydrogen-bond acceptors (Lipinski definition) is 3. The topological polar surface area (TPSA) is 49.0 Å². The highest BCUT2D eigenvalue weighted by Gasteiger charge is 2.04. The van der Waals surface area contributed by atoms with Gasteiger partial charge in [-0.25, -0.2) is 0 Å². The van der Waals surface area contributed by atoms with Gasteiger partial charge in [0.05, 0.1) is 18.2 Å². The van der Waals surface area contributed by atoms with E-state index in [-0.39, 0.29) is 0 Å². The van der Waals surface area contributed by atoms with Crippen LogP contribution in [-0.4, -0.2) is 7.05 Å². The van der Waals surface area contributed by atoms with Crippen LogP contribution in [0.4, 0.5) is 0 Å². The van der Waals surface area contributed by atoms with Crippen molar-refractivity contribution in [1.29, 1.82) is 5.26 Å². The van der Waals surface area contributed by atoms with Gasteiger partial charge in [-0.3, -0.25) is 0 Å². The van der Waals surface area contributed by atoms with Crippen molar-refractivity contribution in [3.8, 4) is 17.4 Å². The van der Waals surface area contributed by atoms with Gasteiger partial charge in [0.15, 0.2) is 0 Å². The van der Waals surface area contributed by atoms with Crippen molar-refractivity contribution >= 4 is 0 Å². The molecule has 0 saturated heterocycles. The van der Waals surface area contributed by atoms with E-state index in [1.165, 1.54) is 0 Å². The van der Waals surface area contributed by atoms with Crippen molar-refractivity contribution in [1.82, 2.24) is 5.32 Å². The zero-order valence-electron chi connectivity index (χ0n) is 9.03. The first-order chi connectivity index (χ1) is 7.83. The molecule has 1 aromatic carbocycles. The highest BCUT2D eigenvalue weighted by Crippen LogP contribution is 2.22. The number of hydrogen-bond donors (Lipinski definition) is 1. The third-order valence-electron chi connectivity index (χ3n) is 2.29. The van der Waals surface area contributed by atoms with Gasteiger partial charge in [-0.15, -0.1) is 0 Å². The monoisotopic (exact) mass is 212 g/mol. The van der Waals surface area contributed by atoms with Gasteiger partial charge in [0.1, 0.15) is 11.5 Å². The summed E-state index contributed by atoms with van der Waals surface area (Å²) in [5.74, 6) is 1.68. The van der Waals surface area contributed by atoms with Crippen LogP contribution < -0.4 is 5.32 Å². The molecule has 0 atom stereocenters. The molecule has 0 aliphatic rings. The van der Waals surface area contributed by atoms with Crippen molar-refractivity contribution in [3.63, 3.8) is 0 Å². The zero-order valence-corrected chi connectivity index (χ0v) is 9.03. The highest BCUT2D eigenvalue weighted by atomic mass is 16.3. The lowest BCUT2D eigenvalue weighted by molar-refractivity contribution is 0.507. The lowest BCUT2D eigenvalue weighted by atomic mass is 10.1. The van der Waals surface area contributed by atoms with Crippen molar-refractivity contribution in [2.45, 2.75) is 6.54 Å². The number of nitrogens with zero attached hydrogens (tertiary/aromatic N) is 1. The third-order valence-corrected chi connectivity index (χ3v) is 2.29. The van der Waals surface area contributed by atoms with Crippen LogP contribution in [0, 0.1) is 11.3 Å². The molecule has 0 amide bonds. The van der Waals surface area contributed by atoms with E-state index in [0.717, 1.165) is 17.1 Å². The molecule has 0 radical (unpaired) electrons. The van der Waals surface area contributed by atoms with Gasteiger partial charge in [0.25, 0.3) is 0 Å². The second kappa shape index (κ2) is 4.65. The van der Waals surface area contributed by atoms with Crippen molar-refractivity contribution in [2.24, 2.45) is 0 Å². The van der Waals surface area contributed by atoms with Crippen LogP contribution in [-0.2, 0) is 6.54 Å². The Bertz CT molecular complexity index is 523. The summed E-state index contributed by atoms with van der Waals surface area (Å²) >= 11 is 0. The predicted molar refractivity (Wildman–Crippen MR) is 61.6 cm³/mol. The molecule has 0 aliphatic carbocycles. The van der Waals surface area contributed by atoms with Gasteiger partial charge < -0.3 is 9.73 Å². The summed E-state index contributed by atoms with van der Waals surface area (Å²) in [5.41, 5.74) is 1.57. The van der Waals surface area contributed by atoms with Crippen LogP contribution in [0.2, 0.25) is 0 Å². The third kappa shape index (κ3) is 2.13. The van der Waals surface area contributed by atoms with Gasteiger partial charge in [0.2, 0.25) is 0 Å². The van der Waals surface area contributed by atoms with E-state index in [1.54, 1.807) is 6.07 Å².